The van der Waals surface area contributed by atoms with Crippen LogP contribution in [-0.4, -0.2) is 24.1 Å². The first-order valence-electron chi connectivity index (χ1n) is 23.3. The third-order valence-corrected chi connectivity index (χ3v) is 13.5. The number of allylic oxidation sites excluding steroid dienone is 4. The second-order valence-corrected chi connectivity index (χ2v) is 17.5. The number of para-hydroxylation sites is 3. The highest BCUT2D eigenvalue weighted by Crippen LogP contribution is 2.43. The Bertz CT molecular complexity index is 3940. The molecule has 3 heterocycles. The van der Waals surface area contributed by atoms with Gasteiger partial charge in [-0.1, -0.05) is 212 Å². The van der Waals surface area contributed by atoms with E-state index in [0.29, 0.717) is 17.6 Å². The van der Waals surface area contributed by atoms with Crippen molar-refractivity contribution in [1.82, 2.24) is 24.1 Å². The zero-order valence-electron chi connectivity index (χ0n) is 37.2. The molecule has 0 amide bonds. The van der Waals surface area contributed by atoms with Crippen molar-refractivity contribution < 1.29 is 0 Å². The number of benzene rings is 9. The van der Waals surface area contributed by atoms with E-state index < -0.39 is 0 Å². The molecule has 5 heteroatoms. The van der Waals surface area contributed by atoms with Gasteiger partial charge in [0.2, 0.25) is 5.95 Å². The first-order chi connectivity index (χ1) is 33.7. The van der Waals surface area contributed by atoms with Crippen LogP contribution in [-0.2, 0) is 0 Å². The molecule has 3 aromatic heterocycles. The minimum absolute atomic E-state index is 0.556. The second kappa shape index (κ2) is 16.5. The lowest BCUT2D eigenvalue weighted by Gasteiger charge is -2.16. The van der Waals surface area contributed by atoms with Crippen molar-refractivity contribution in [2.45, 2.75) is 12.8 Å². The molecule has 0 saturated carbocycles. The third-order valence-electron chi connectivity index (χ3n) is 13.5. The maximum Gasteiger partial charge on any atom is 0.238 e. The van der Waals surface area contributed by atoms with Gasteiger partial charge >= 0.3 is 0 Å². The number of nitrogens with zero attached hydrogens (tertiary/aromatic N) is 5. The van der Waals surface area contributed by atoms with Crippen molar-refractivity contribution in [2.24, 2.45) is 0 Å². The Kier molecular flexibility index (Phi) is 9.57. The van der Waals surface area contributed by atoms with Gasteiger partial charge in [-0.05, 0) is 76.1 Å². The molecule has 0 saturated heterocycles. The predicted octanol–water partition coefficient (Wildman–Crippen LogP) is 16.0. The second-order valence-electron chi connectivity index (χ2n) is 17.5. The molecule has 68 heavy (non-hydrogen) atoms. The molecule has 0 unspecified atom stereocenters. The largest absolute Gasteiger partial charge is 0.307 e. The molecule has 0 aliphatic heterocycles. The van der Waals surface area contributed by atoms with Crippen LogP contribution in [0.3, 0.4) is 0 Å². The van der Waals surface area contributed by atoms with Gasteiger partial charge in [0.25, 0.3) is 0 Å². The van der Waals surface area contributed by atoms with Crippen LogP contribution in [0.4, 0.5) is 0 Å². The zero-order chi connectivity index (χ0) is 45.0. The summed E-state index contributed by atoms with van der Waals surface area (Å²) in [4.78, 5) is 16.1. The summed E-state index contributed by atoms with van der Waals surface area (Å²) in [5.74, 6) is 1.77. The van der Waals surface area contributed by atoms with Gasteiger partial charge < -0.3 is 4.57 Å². The first-order valence-corrected chi connectivity index (χ1v) is 23.3. The Morgan fingerprint density at radius 2 is 0.882 bits per heavy atom. The molecular formula is C63H43N5. The molecule has 0 atom stereocenters. The zero-order valence-corrected chi connectivity index (χ0v) is 37.2. The normalized spacial score (nSPS) is 12.8. The highest BCUT2D eigenvalue weighted by molar-refractivity contribution is 6.24. The van der Waals surface area contributed by atoms with Gasteiger partial charge in [0.15, 0.2) is 11.6 Å². The Morgan fingerprint density at radius 1 is 0.353 bits per heavy atom. The molecule has 1 aliphatic rings. The van der Waals surface area contributed by atoms with Crippen molar-refractivity contribution in [3.63, 3.8) is 0 Å². The lowest BCUT2D eigenvalue weighted by Crippen LogP contribution is -2.07. The number of rotatable bonds is 8. The van der Waals surface area contributed by atoms with Crippen molar-refractivity contribution in [2.75, 3.05) is 0 Å². The van der Waals surface area contributed by atoms with Gasteiger partial charge in [-0.15, -0.1) is 0 Å². The highest BCUT2D eigenvalue weighted by atomic mass is 15.2. The van der Waals surface area contributed by atoms with E-state index in [1.54, 1.807) is 0 Å². The summed E-state index contributed by atoms with van der Waals surface area (Å²) >= 11 is 0. The van der Waals surface area contributed by atoms with Crippen LogP contribution in [0.1, 0.15) is 24.0 Å². The lowest BCUT2D eigenvalue weighted by molar-refractivity contribution is 0.953. The van der Waals surface area contributed by atoms with Gasteiger partial charge in [-0.2, -0.15) is 9.97 Å². The van der Waals surface area contributed by atoms with E-state index in [4.69, 9.17) is 15.0 Å². The summed E-state index contributed by atoms with van der Waals surface area (Å²) in [6, 6.07) is 79.8. The monoisotopic (exact) mass is 869 g/mol. The van der Waals surface area contributed by atoms with Gasteiger partial charge in [-0.25, -0.2) is 4.98 Å². The van der Waals surface area contributed by atoms with E-state index in [1.165, 1.54) is 27.7 Å². The fourth-order valence-electron chi connectivity index (χ4n) is 10.3. The molecule has 1 aliphatic carbocycles. The maximum absolute atomic E-state index is 5.46. The summed E-state index contributed by atoms with van der Waals surface area (Å²) in [6.07, 6.45) is 6.76. The van der Waals surface area contributed by atoms with Crippen LogP contribution < -0.4 is 0 Å². The fraction of sp³-hybridized carbons (Fsp3) is 0.0317. The molecule has 13 rings (SSSR count). The van der Waals surface area contributed by atoms with E-state index in [2.05, 4.69) is 228 Å². The maximum atomic E-state index is 5.46. The lowest BCUT2D eigenvalue weighted by atomic mass is 9.90. The van der Waals surface area contributed by atoms with Crippen molar-refractivity contribution in [3.05, 3.63) is 248 Å². The topological polar surface area (TPSA) is 48.5 Å². The van der Waals surface area contributed by atoms with E-state index >= 15 is 0 Å². The summed E-state index contributed by atoms with van der Waals surface area (Å²) < 4.78 is 4.72. The molecule has 0 fully saturated rings. The number of aromatic nitrogens is 5. The Balaban J connectivity index is 1.00. The number of hydrogen-bond acceptors (Lipinski definition) is 3. The summed E-state index contributed by atoms with van der Waals surface area (Å²) in [7, 11) is 0. The van der Waals surface area contributed by atoms with Gasteiger partial charge in [0.05, 0.1) is 27.8 Å². The minimum atomic E-state index is 0.556. The van der Waals surface area contributed by atoms with Gasteiger partial charge in [-0.3, -0.25) is 4.57 Å². The van der Waals surface area contributed by atoms with E-state index in [-0.39, 0.29) is 0 Å². The fourth-order valence-corrected chi connectivity index (χ4v) is 10.3. The Labute approximate surface area is 394 Å². The molecule has 0 N–H and O–H groups in total. The molecule has 5 nitrogen and oxygen atoms in total. The Morgan fingerprint density at radius 3 is 1.59 bits per heavy atom. The average Bonchev–Trinajstić information content (AvgIpc) is 3.95. The predicted molar refractivity (Wildman–Crippen MR) is 282 cm³/mol. The molecule has 0 spiro atoms. The smallest absolute Gasteiger partial charge is 0.238 e. The average molecular weight is 870 g/mol. The number of hydrogen-bond donors (Lipinski definition) is 0. The molecular weight excluding hydrogens is 827 g/mol. The van der Waals surface area contributed by atoms with Crippen molar-refractivity contribution in [3.8, 4) is 56.7 Å². The quantitative estimate of drug-likeness (QED) is 0.153. The van der Waals surface area contributed by atoms with Crippen LogP contribution in [0.15, 0.2) is 237 Å². The van der Waals surface area contributed by atoms with Crippen LogP contribution >= 0.6 is 0 Å². The molecule has 0 radical (unpaired) electrons. The summed E-state index contributed by atoms with van der Waals surface area (Å²) in [5.41, 5.74) is 16.9. The summed E-state index contributed by atoms with van der Waals surface area (Å²) in [5, 5.41) is 4.59. The van der Waals surface area contributed by atoms with Crippen LogP contribution in [0, 0.1) is 0 Å². The molecule has 0 bridgehead atoms. The standard InChI is InChI=1S/C63H43N5/c1-4-18-42(19-5-1)47-24-16-25-48(40-47)43-34-36-44(37-35-43)49-26-17-27-50(41-49)62-64-61(46-22-8-3-9-23-46)65-63(66-62)68-58-33-15-12-30-53(58)55-39-38-54-52-29-11-14-32-57(52)67(59(54)60(55)68)56-31-13-10-28-51(56)45-20-6-2-7-21-45/h1-15,17-24,26-41H,16,25H2. The van der Waals surface area contributed by atoms with Crippen LogP contribution in [0.2, 0.25) is 0 Å². The highest BCUT2D eigenvalue weighted by Gasteiger charge is 2.24. The summed E-state index contributed by atoms with van der Waals surface area (Å²) in [6.45, 7) is 0. The first kappa shape index (κ1) is 39.4. The third kappa shape index (κ3) is 6.75. The van der Waals surface area contributed by atoms with Crippen molar-refractivity contribution in [1.29, 1.82) is 0 Å². The van der Waals surface area contributed by atoms with Crippen LogP contribution in [0.25, 0.3) is 111 Å². The van der Waals surface area contributed by atoms with Gasteiger partial charge in [0, 0.05) is 38.2 Å². The molecule has 9 aromatic carbocycles. The minimum Gasteiger partial charge on any atom is -0.307 e. The Hall–Kier alpha value is -8.93. The van der Waals surface area contributed by atoms with Crippen LogP contribution in [0.5, 0.6) is 0 Å². The van der Waals surface area contributed by atoms with Gasteiger partial charge in [0.1, 0.15) is 0 Å². The molecule has 12 aromatic rings. The van der Waals surface area contributed by atoms with Crippen molar-refractivity contribution >= 4 is 54.8 Å². The molecule has 320 valence electrons. The van der Waals surface area contributed by atoms with E-state index in [1.807, 2.05) is 18.2 Å². The van der Waals surface area contributed by atoms with E-state index in [9.17, 15) is 0 Å². The number of fused-ring (bicyclic) bond motifs is 7. The SMILES string of the molecule is C1=C(c2ccccc2)C=C(c2ccc(-c3cccc(-c4nc(-c5ccccc5)nc(-n5c6ccccc6c6ccc7c8ccccc8n(-c8ccccc8-c8ccccc8)c7c65)n4)c3)cc2)CC1. The van der Waals surface area contributed by atoms with E-state index in [0.717, 1.165) is 90.1 Å².